The summed E-state index contributed by atoms with van der Waals surface area (Å²) in [7, 11) is 4.22. The van der Waals surface area contributed by atoms with Crippen molar-refractivity contribution in [1.82, 2.24) is 15.2 Å². The van der Waals surface area contributed by atoms with Gasteiger partial charge in [-0.1, -0.05) is 41.1 Å². The number of carbonyl (C=O) groups excluding carboxylic acids is 3. The highest BCUT2D eigenvalue weighted by Gasteiger charge is 2.49. The molecule has 1 aliphatic rings. The van der Waals surface area contributed by atoms with E-state index in [4.69, 9.17) is 9.47 Å². The van der Waals surface area contributed by atoms with E-state index in [0.717, 1.165) is 14.6 Å². The fraction of sp³-hybridized carbons (Fsp3) is 0.250. The molecular formula is C24H23N3O5S3. The third-order valence-electron chi connectivity index (χ3n) is 5.23. The maximum Gasteiger partial charge on any atom is 0.325 e. The maximum atomic E-state index is 12.9. The first-order valence-electron chi connectivity index (χ1n) is 10.7. The van der Waals surface area contributed by atoms with E-state index in [9.17, 15) is 14.4 Å². The SMILES string of the molecule is COC(=O)CN1C(=O)C(C(C)=CNC(=O)COc2ccccc2)C1SSc1nc2ccccc2s1. The van der Waals surface area contributed by atoms with E-state index >= 15 is 0 Å². The fourth-order valence-electron chi connectivity index (χ4n) is 3.39. The molecule has 1 N–H and O–H groups in total. The second-order valence-electron chi connectivity index (χ2n) is 7.60. The van der Waals surface area contributed by atoms with Crippen LogP contribution in [0.5, 0.6) is 5.75 Å². The molecule has 11 heteroatoms. The Balaban J connectivity index is 1.39. The third-order valence-corrected chi connectivity index (χ3v) is 9.28. The number of aromatic nitrogens is 1. The molecule has 0 saturated carbocycles. The predicted molar refractivity (Wildman–Crippen MR) is 138 cm³/mol. The van der Waals surface area contributed by atoms with Gasteiger partial charge in [-0.25, -0.2) is 4.98 Å². The Labute approximate surface area is 214 Å². The lowest BCUT2D eigenvalue weighted by molar-refractivity contribution is -0.157. The molecule has 0 aliphatic carbocycles. The number of hydrogen-bond donors (Lipinski definition) is 1. The van der Waals surface area contributed by atoms with Gasteiger partial charge in [-0.05, 0) is 47.6 Å². The van der Waals surface area contributed by atoms with Crippen LogP contribution < -0.4 is 10.1 Å². The number of nitrogens with one attached hydrogen (secondary N) is 1. The first-order chi connectivity index (χ1) is 17.0. The first-order valence-corrected chi connectivity index (χ1v) is 13.7. The van der Waals surface area contributed by atoms with Crippen molar-refractivity contribution in [3.63, 3.8) is 0 Å². The molecule has 0 radical (unpaired) electrons. The molecule has 2 atom stereocenters. The van der Waals surface area contributed by atoms with Crippen molar-refractivity contribution >= 4 is 60.9 Å². The smallest absolute Gasteiger partial charge is 0.325 e. The van der Waals surface area contributed by atoms with Crippen LogP contribution in [0.4, 0.5) is 0 Å². The van der Waals surface area contributed by atoms with Gasteiger partial charge in [0, 0.05) is 6.20 Å². The summed E-state index contributed by atoms with van der Waals surface area (Å²) in [6.45, 7) is 1.51. The number of β-lactam (4-membered cyclic amide) rings is 1. The Hall–Kier alpha value is -3.02. The topological polar surface area (TPSA) is 97.8 Å². The normalized spacial score (nSPS) is 17.7. The highest BCUT2D eigenvalue weighted by molar-refractivity contribution is 8.77. The molecule has 1 aromatic heterocycles. The summed E-state index contributed by atoms with van der Waals surface area (Å²) in [6, 6.07) is 16.9. The number of nitrogens with zero attached hydrogens (tertiary/aromatic N) is 2. The van der Waals surface area contributed by atoms with Gasteiger partial charge in [-0.15, -0.1) is 11.3 Å². The van der Waals surface area contributed by atoms with Crippen LogP contribution in [0.1, 0.15) is 6.92 Å². The van der Waals surface area contributed by atoms with Gasteiger partial charge in [0.05, 0.1) is 23.2 Å². The number of methoxy groups -OCH3 is 1. The molecule has 2 amide bonds. The number of benzene rings is 2. The van der Waals surface area contributed by atoms with Crippen LogP contribution in [0.3, 0.4) is 0 Å². The molecule has 1 fully saturated rings. The average molecular weight is 530 g/mol. The predicted octanol–water partition coefficient (Wildman–Crippen LogP) is 4.09. The van der Waals surface area contributed by atoms with Crippen LogP contribution in [0.2, 0.25) is 0 Å². The van der Waals surface area contributed by atoms with E-state index in [1.807, 2.05) is 42.5 Å². The maximum absolute atomic E-state index is 12.9. The van der Waals surface area contributed by atoms with Crippen molar-refractivity contribution in [3.05, 3.63) is 66.4 Å². The third kappa shape index (κ3) is 6.16. The average Bonchev–Trinajstić information content (AvgIpc) is 3.30. The van der Waals surface area contributed by atoms with E-state index in [-0.39, 0.29) is 30.3 Å². The Bertz CT molecular complexity index is 1210. The van der Waals surface area contributed by atoms with E-state index in [1.54, 1.807) is 30.4 Å². The monoisotopic (exact) mass is 529 g/mol. The molecule has 0 bridgehead atoms. The van der Waals surface area contributed by atoms with Crippen molar-refractivity contribution in [2.75, 3.05) is 20.3 Å². The minimum Gasteiger partial charge on any atom is -0.484 e. The lowest BCUT2D eigenvalue weighted by Gasteiger charge is -2.46. The molecule has 35 heavy (non-hydrogen) atoms. The standard InChI is InChI=1S/C24H23N3O5S3/c1-15(12-25-19(28)14-32-16-8-4-3-5-9-16)21-22(30)27(13-20(29)31-2)23(21)34-35-24-26-17-10-6-7-11-18(17)33-24/h3-12,21,23H,13-14H2,1-2H3,(H,25,28). The lowest BCUT2D eigenvalue weighted by atomic mass is 9.91. The zero-order chi connectivity index (χ0) is 24.8. The van der Waals surface area contributed by atoms with Crippen molar-refractivity contribution in [2.45, 2.75) is 16.6 Å². The minimum absolute atomic E-state index is 0.130. The molecule has 8 nitrogen and oxygen atoms in total. The Morgan fingerprint density at radius 3 is 2.66 bits per heavy atom. The lowest BCUT2D eigenvalue weighted by Crippen LogP contribution is -2.60. The summed E-state index contributed by atoms with van der Waals surface area (Å²) >= 11 is 1.57. The zero-order valence-electron chi connectivity index (χ0n) is 19.0. The largest absolute Gasteiger partial charge is 0.484 e. The number of hydrogen-bond acceptors (Lipinski definition) is 9. The van der Waals surface area contributed by atoms with Crippen LogP contribution in [0.25, 0.3) is 10.2 Å². The summed E-state index contributed by atoms with van der Waals surface area (Å²) in [5.74, 6) is -0.901. The van der Waals surface area contributed by atoms with Crippen LogP contribution in [0, 0.1) is 5.92 Å². The van der Waals surface area contributed by atoms with Crippen LogP contribution in [-0.4, -0.2) is 53.3 Å². The van der Waals surface area contributed by atoms with Crippen LogP contribution in [0.15, 0.2) is 70.7 Å². The van der Waals surface area contributed by atoms with Gasteiger partial charge in [0.1, 0.15) is 17.7 Å². The summed E-state index contributed by atoms with van der Waals surface area (Å²) in [5.41, 5.74) is 1.61. The molecule has 4 rings (SSSR count). The fourth-order valence-corrected chi connectivity index (χ4v) is 7.49. The second kappa shape index (κ2) is 11.6. The number of amides is 2. The molecule has 2 aromatic carbocycles. The second-order valence-corrected chi connectivity index (χ2v) is 11.2. The summed E-state index contributed by atoms with van der Waals surface area (Å²) in [5, 5.41) is 2.37. The van der Waals surface area contributed by atoms with Crippen molar-refractivity contribution < 1.29 is 23.9 Å². The number of carbonyl (C=O) groups is 3. The molecular weight excluding hydrogens is 506 g/mol. The van der Waals surface area contributed by atoms with Gasteiger partial charge in [-0.3, -0.25) is 14.4 Å². The molecule has 0 spiro atoms. The summed E-state index contributed by atoms with van der Waals surface area (Å²) < 4.78 is 12.1. The molecule has 182 valence electrons. The van der Waals surface area contributed by atoms with Crippen molar-refractivity contribution in [1.29, 1.82) is 0 Å². The number of para-hydroxylation sites is 2. The van der Waals surface area contributed by atoms with Gasteiger partial charge >= 0.3 is 5.97 Å². The number of likely N-dealkylation sites (tertiary alicyclic amines) is 1. The Morgan fingerprint density at radius 2 is 1.91 bits per heavy atom. The number of fused-ring (bicyclic) bond motifs is 1. The van der Waals surface area contributed by atoms with Crippen LogP contribution >= 0.6 is 32.9 Å². The van der Waals surface area contributed by atoms with E-state index < -0.39 is 11.9 Å². The Kier molecular flexibility index (Phi) is 8.32. The van der Waals surface area contributed by atoms with Gasteiger partial charge in [0.25, 0.3) is 5.91 Å². The first kappa shape index (κ1) is 25.1. The van der Waals surface area contributed by atoms with Crippen LogP contribution in [-0.2, 0) is 19.1 Å². The summed E-state index contributed by atoms with van der Waals surface area (Å²) in [4.78, 5) is 43.0. The number of ether oxygens (including phenoxy) is 2. The molecule has 1 aliphatic heterocycles. The van der Waals surface area contributed by atoms with Gasteiger partial charge in [0.2, 0.25) is 5.91 Å². The van der Waals surface area contributed by atoms with Crippen molar-refractivity contribution in [2.24, 2.45) is 5.92 Å². The van der Waals surface area contributed by atoms with E-state index in [2.05, 4.69) is 10.3 Å². The zero-order valence-corrected chi connectivity index (χ0v) is 21.5. The minimum atomic E-state index is -0.486. The highest BCUT2D eigenvalue weighted by atomic mass is 33.1. The number of thiazole rings is 1. The number of rotatable bonds is 10. The number of esters is 1. The molecule has 2 unspecified atom stereocenters. The summed E-state index contributed by atoms with van der Waals surface area (Å²) in [6.07, 6.45) is 1.53. The quantitative estimate of drug-likeness (QED) is 0.238. The molecule has 3 aromatic rings. The van der Waals surface area contributed by atoms with Crippen molar-refractivity contribution in [3.8, 4) is 5.75 Å². The van der Waals surface area contributed by atoms with Gasteiger partial charge < -0.3 is 19.7 Å². The molecule has 2 heterocycles. The van der Waals surface area contributed by atoms with E-state index in [0.29, 0.717) is 11.3 Å². The van der Waals surface area contributed by atoms with Gasteiger partial charge in [-0.2, -0.15) is 0 Å². The van der Waals surface area contributed by atoms with E-state index in [1.165, 1.54) is 39.8 Å². The molecule has 1 saturated heterocycles. The van der Waals surface area contributed by atoms with Gasteiger partial charge in [0.15, 0.2) is 10.9 Å². The Morgan fingerprint density at radius 1 is 1.17 bits per heavy atom. The highest BCUT2D eigenvalue weighted by Crippen LogP contribution is 2.48.